The lowest BCUT2D eigenvalue weighted by Gasteiger charge is -2.23. The maximum absolute atomic E-state index is 12.4. The summed E-state index contributed by atoms with van der Waals surface area (Å²) >= 11 is 0. The number of fused-ring (bicyclic) bond motifs is 1. The molecule has 128 valence electrons. The number of hydrogen-bond acceptors (Lipinski definition) is 3. The van der Waals surface area contributed by atoms with Crippen LogP contribution >= 0.6 is 0 Å². The maximum atomic E-state index is 12.4. The zero-order chi connectivity index (χ0) is 17.2. The Morgan fingerprint density at radius 1 is 1.12 bits per heavy atom. The van der Waals surface area contributed by atoms with Gasteiger partial charge in [0.25, 0.3) is 0 Å². The predicted octanol–water partition coefficient (Wildman–Crippen LogP) is 2.96. The number of amides is 2. The first-order valence-electron chi connectivity index (χ1n) is 8.52. The Morgan fingerprint density at radius 2 is 1.88 bits per heavy atom. The second kappa shape index (κ2) is 6.47. The number of benzene rings is 2. The minimum absolute atomic E-state index is 0.116. The van der Waals surface area contributed by atoms with Crippen LogP contribution in [0.4, 0.5) is 10.5 Å². The lowest BCUT2D eigenvalue weighted by atomic mass is 10.2. The standard InChI is InChI=1S/C19H21N5O/c1-14-11-15(12-23(14)16-7-3-2-4-8-16)21-19(25)22-24-13-20-17-9-5-6-10-18(17)24/h2-10,13-15H,11-12H2,1H3,(H2,21,22,25)/t14-,15-/m1/s1. The van der Waals surface area contributed by atoms with Crippen LogP contribution in [-0.2, 0) is 0 Å². The van der Waals surface area contributed by atoms with Crippen molar-refractivity contribution in [1.82, 2.24) is 15.0 Å². The summed E-state index contributed by atoms with van der Waals surface area (Å²) in [6.45, 7) is 3.00. The number of anilines is 1. The highest BCUT2D eigenvalue weighted by molar-refractivity contribution is 5.85. The fraction of sp³-hybridized carbons (Fsp3) is 0.263. The molecule has 6 nitrogen and oxygen atoms in total. The van der Waals surface area contributed by atoms with E-state index < -0.39 is 0 Å². The molecule has 0 aliphatic carbocycles. The molecule has 0 unspecified atom stereocenters. The molecule has 1 saturated heterocycles. The SMILES string of the molecule is C[C@@H]1C[C@@H](NC(=O)Nn2cnc3ccccc32)CN1c1ccccc1. The van der Waals surface area contributed by atoms with Gasteiger partial charge in [0, 0.05) is 18.3 Å². The van der Waals surface area contributed by atoms with Crippen molar-refractivity contribution in [2.75, 3.05) is 16.9 Å². The van der Waals surface area contributed by atoms with Crippen molar-refractivity contribution >= 4 is 22.8 Å². The number of nitrogens with zero attached hydrogens (tertiary/aromatic N) is 3. The molecule has 2 atom stereocenters. The van der Waals surface area contributed by atoms with Crippen LogP contribution in [0.5, 0.6) is 0 Å². The monoisotopic (exact) mass is 335 g/mol. The average Bonchev–Trinajstić information content (AvgIpc) is 3.19. The molecule has 25 heavy (non-hydrogen) atoms. The third kappa shape index (κ3) is 3.15. The van der Waals surface area contributed by atoms with Gasteiger partial charge in [0.05, 0.1) is 17.1 Å². The largest absolute Gasteiger partial charge is 0.367 e. The van der Waals surface area contributed by atoms with Gasteiger partial charge in [-0.3, -0.25) is 0 Å². The van der Waals surface area contributed by atoms with Gasteiger partial charge < -0.3 is 10.2 Å². The molecule has 0 radical (unpaired) electrons. The Morgan fingerprint density at radius 3 is 2.72 bits per heavy atom. The number of carbonyl (C=O) groups excluding carboxylic acids is 1. The highest BCUT2D eigenvalue weighted by Gasteiger charge is 2.30. The van der Waals surface area contributed by atoms with Crippen LogP contribution in [0, 0.1) is 0 Å². The van der Waals surface area contributed by atoms with Crippen LogP contribution in [0.25, 0.3) is 11.0 Å². The number of hydrogen-bond donors (Lipinski definition) is 2. The Kier molecular flexibility index (Phi) is 4.01. The minimum atomic E-state index is -0.213. The number of imidazole rings is 1. The molecule has 3 aromatic rings. The Labute approximate surface area is 146 Å². The average molecular weight is 335 g/mol. The normalized spacial score (nSPS) is 20.0. The van der Waals surface area contributed by atoms with E-state index in [4.69, 9.17) is 0 Å². The van der Waals surface area contributed by atoms with Crippen molar-refractivity contribution in [3.8, 4) is 0 Å². The van der Waals surface area contributed by atoms with Crippen molar-refractivity contribution in [1.29, 1.82) is 0 Å². The fourth-order valence-electron chi connectivity index (χ4n) is 3.49. The van der Waals surface area contributed by atoms with Crippen molar-refractivity contribution in [3.05, 3.63) is 60.9 Å². The molecule has 6 heteroatoms. The number of rotatable bonds is 3. The van der Waals surface area contributed by atoms with Crippen LogP contribution in [0.15, 0.2) is 60.9 Å². The van der Waals surface area contributed by atoms with Gasteiger partial charge in [-0.1, -0.05) is 30.3 Å². The molecule has 2 amide bonds. The second-order valence-electron chi connectivity index (χ2n) is 6.46. The van der Waals surface area contributed by atoms with Gasteiger partial charge in [-0.2, -0.15) is 0 Å². The topological polar surface area (TPSA) is 62.2 Å². The molecular weight excluding hydrogens is 314 g/mol. The molecule has 1 aliphatic rings. The molecule has 2 N–H and O–H groups in total. The van der Waals surface area contributed by atoms with Crippen molar-refractivity contribution < 1.29 is 4.79 Å². The van der Waals surface area contributed by atoms with E-state index in [2.05, 4.69) is 39.7 Å². The molecule has 4 rings (SSSR count). The predicted molar refractivity (Wildman–Crippen MR) is 99.3 cm³/mol. The molecule has 0 bridgehead atoms. The first-order chi connectivity index (χ1) is 12.2. The van der Waals surface area contributed by atoms with Crippen LogP contribution in [0.2, 0.25) is 0 Å². The summed E-state index contributed by atoms with van der Waals surface area (Å²) in [5.74, 6) is 0. The number of carbonyl (C=O) groups is 1. The summed E-state index contributed by atoms with van der Waals surface area (Å²) in [5.41, 5.74) is 5.77. The number of aromatic nitrogens is 2. The molecule has 0 spiro atoms. The van der Waals surface area contributed by atoms with Crippen molar-refractivity contribution in [2.24, 2.45) is 0 Å². The highest BCUT2D eigenvalue weighted by Crippen LogP contribution is 2.25. The van der Waals surface area contributed by atoms with Gasteiger partial charge >= 0.3 is 6.03 Å². The third-order valence-corrected chi connectivity index (χ3v) is 4.67. The third-order valence-electron chi connectivity index (χ3n) is 4.67. The van der Waals surface area contributed by atoms with Crippen LogP contribution in [0.1, 0.15) is 13.3 Å². The van der Waals surface area contributed by atoms with E-state index in [1.807, 2.05) is 42.5 Å². The molecule has 2 heterocycles. The van der Waals surface area contributed by atoms with Gasteiger partial charge in [-0.15, -0.1) is 0 Å². The molecule has 1 aromatic heterocycles. The first kappa shape index (κ1) is 15.5. The van der Waals surface area contributed by atoms with Crippen molar-refractivity contribution in [2.45, 2.75) is 25.4 Å². The maximum Gasteiger partial charge on any atom is 0.334 e. The summed E-state index contributed by atoms with van der Waals surface area (Å²) in [6.07, 6.45) is 2.55. The van der Waals surface area contributed by atoms with E-state index in [-0.39, 0.29) is 12.1 Å². The van der Waals surface area contributed by atoms with E-state index in [1.54, 1.807) is 11.0 Å². The van der Waals surface area contributed by atoms with E-state index in [0.29, 0.717) is 6.04 Å². The number of nitrogens with one attached hydrogen (secondary N) is 2. The summed E-state index contributed by atoms with van der Waals surface area (Å²) in [7, 11) is 0. The van der Waals surface area contributed by atoms with E-state index >= 15 is 0 Å². The summed E-state index contributed by atoms with van der Waals surface area (Å²) in [4.78, 5) is 19.0. The van der Waals surface area contributed by atoms with Crippen molar-refractivity contribution in [3.63, 3.8) is 0 Å². The smallest absolute Gasteiger partial charge is 0.334 e. The highest BCUT2D eigenvalue weighted by atomic mass is 16.2. The van der Waals surface area contributed by atoms with Crippen LogP contribution < -0.4 is 15.6 Å². The van der Waals surface area contributed by atoms with Gasteiger partial charge in [0.15, 0.2) is 0 Å². The molecule has 1 fully saturated rings. The fourth-order valence-corrected chi connectivity index (χ4v) is 3.49. The van der Waals surface area contributed by atoms with Gasteiger partial charge in [0.2, 0.25) is 0 Å². The number of urea groups is 1. The van der Waals surface area contributed by atoms with Gasteiger partial charge in [0.1, 0.15) is 6.33 Å². The summed E-state index contributed by atoms with van der Waals surface area (Å²) in [6, 6.07) is 18.3. The molecule has 2 aromatic carbocycles. The van der Waals surface area contributed by atoms with E-state index in [9.17, 15) is 4.79 Å². The van der Waals surface area contributed by atoms with Gasteiger partial charge in [-0.25, -0.2) is 19.9 Å². The van der Waals surface area contributed by atoms with Crippen LogP contribution in [0.3, 0.4) is 0 Å². The second-order valence-corrected chi connectivity index (χ2v) is 6.46. The molecule has 0 saturated carbocycles. The van der Waals surface area contributed by atoms with E-state index in [1.165, 1.54) is 5.69 Å². The molecule has 1 aliphatic heterocycles. The Bertz CT molecular complexity index is 876. The number of para-hydroxylation sites is 3. The Balaban J connectivity index is 1.40. The Hall–Kier alpha value is -3.02. The lowest BCUT2D eigenvalue weighted by molar-refractivity contribution is 0.246. The molecular formula is C19H21N5O. The summed E-state index contributed by atoms with van der Waals surface area (Å²) < 4.78 is 1.65. The summed E-state index contributed by atoms with van der Waals surface area (Å²) in [5, 5.41) is 3.07. The van der Waals surface area contributed by atoms with Gasteiger partial charge in [-0.05, 0) is 37.6 Å². The zero-order valence-corrected chi connectivity index (χ0v) is 14.1. The zero-order valence-electron chi connectivity index (χ0n) is 14.1. The first-order valence-corrected chi connectivity index (χ1v) is 8.52. The quantitative estimate of drug-likeness (QED) is 0.773. The van der Waals surface area contributed by atoms with E-state index in [0.717, 1.165) is 24.0 Å². The lowest BCUT2D eigenvalue weighted by Crippen LogP contribution is -2.42. The van der Waals surface area contributed by atoms with Crippen LogP contribution in [-0.4, -0.2) is 34.3 Å². The minimum Gasteiger partial charge on any atom is -0.367 e.